The van der Waals surface area contributed by atoms with Crippen LogP contribution in [0.4, 0.5) is 5.82 Å². The molecule has 3 heterocycles. The van der Waals surface area contributed by atoms with Gasteiger partial charge in [-0.2, -0.15) is 0 Å². The Hall–Kier alpha value is -2.02. The van der Waals surface area contributed by atoms with Gasteiger partial charge in [-0.15, -0.1) is 0 Å². The number of aryl methyl sites for hydroxylation is 1. The van der Waals surface area contributed by atoms with Gasteiger partial charge in [-0.3, -0.25) is 15.8 Å². The van der Waals surface area contributed by atoms with Crippen molar-refractivity contribution < 1.29 is 0 Å². The second-order valence-corrected chi connectivity index (χ2v) is 8.50. The molecular weight excluding hydrogens is 348 g/mol. The lowest BCUT2D eigenvalue weighted by molar-refractivity contribution is 0.295. The fourth-order valence-electron chi connectivity index (χ4n) is 4.62. The van der Waals surface area contributed by atoms with Gasteiger partial charge in [0, 0.05) is 44.3 Å². The highest BCUT2D eigenvalue weighted by Crippen LogP contribution is 2.33. The highest BCUT2D eigenvalue weighted by Gasteiger charge is 2.36. The van der Waals surface area contributed by atoms with Crippen molar-refractivity contribution in [3.63, 3.8) is 0 Å². The molecule has 0 bridgehead atoms. The summed E-state index contributed by atoms with van der Waals surface area (Å²) < 4.78 is 0. The third kappa shape index (κ3) is 4.35. The first-order chi connectivity index (χ1) is 13.6. The van der Waals surface area contributed by atoms with Crippen molar-refractivity contribution in [2.45, 2.75) is 38.3 Å². The van der Waals surface area contributed by atoms with Crippen LogP contribution in [0.15, 0.2) is 36.7 Å². The number of nitrogens with one attached hydrogen (secondary N) is 2. The molecule has 150 valence electrons. The van der Waals surface area contributed by atoms with Crippen molar-refractivity contribution in [3.8, 4) is 0 Å². The Bertz CT molecular complexity index is 784. The Kier molecular flexibility index (Phi) is 5.90. The van der Waals surface area contributed by atoms with Crippen molar-refractivity contribution in [1.82, 2.24) is 25.7 Å². The number of hydrogen-bond acceptors (Lipinski definition) is 6. The molecule has 2 saturated heterocycles. The highest BCUT2D eigenvalue weighted by atomic mass is 15.4. The molecule has 0 spiro atoms. The molecule has 2 N–H and O–H groups in total. The molecule has 6 heteroatoms. The highest BCUT2D eigenvalue weighted by molar-refractivity contribution is 5.37. The third-order valence-electron chi connectivity index (χ3n) is 6.02. The van der Waals surface area contributed by atoms with E-state index in [1.807, 2.05) is 12.4 Å². The Labute approximate surface area is 168 Å². The number of piperidine rings is 1. The number of hydrazine groups is 1. The average Bonchev–Trinajstić information content (AvgIpc) is 3.18. The average molecular weight is 381 g/mol. The lowest BCUT2D eigenvalue weighted by Gasteiger charge is -2.37. The number of anilines is 1. The molecule has 2 atom stereocenters. The van der Waals surface area contributed by atoms with Crippen molar-refractivity contribution >= 4 is 5.82 Å². The molecule has 6 nitrogen and oxygen atoms in total. The van der Waals surface area contributed by atoms with Crippen LogP contribution in [0.3, 0.4) is 0 Å². The molecule has 28 heavy (non-hydrogen) atoms. The van der Waals surface area contributed by atoms with Gasteiger partial charge in [0.1, 0.15) is 5.82 Å². The maximum atomic E-state index is 4.83. The van der Waals surface area contributed by atoms with Gasteiger partial charge < -0.3 is 9.80 Å². The smallest absolute Gasteiger partial charge is 0.147 e. The zero-order valence-electron chi connectivity index (χ0n) is 17.2. The minimum Gasteiger partial charge on any atom is -0.355 e. The molecule has 1 aromatic heterocycles. The first kappa shape index (κ1) is 19.3. The second kappa shape index (κ2) is 8.55. The van der Waals surface area contributed by atoms with Gasteiger partial charge in [-0.1, -0.05) is 29.8 Å². The normalized spacial score (nSPS) is 23.5. The molecule has 0 amide bonds. The van der Waals surface area contributed by atoms with Gasteiger partial charge in [-0.05, 0) is 45.3 Å². The summed E-state index contributed by atoms with van der Waals surface area (Å²) in [5, 5.41) is 0. The van der Waals surface area contributed by atoms with E-state index in [1.165, 1.54) is 24.0 Å². The first-order valence-corrected chi connectivity index (χ1v) is 10.4. The summed E-state index contributed by atoms with van der Waals surface area (Å²) in [6, 6.07) is 9.48. The number of nitrogens with zero attached hydrogens (tertiary/aromatic N) is 4. The summed E-state index contributed by atoms with van der Waals surface area (Å²) in [7, 11) is 4.13. The van der Waals surface area contributed by atoms with Gasteiger partial charge >= 0.3 is 0 Å². The van der Waals surface area contributed by atoms with E-state index in [0.29, 0.717) is 17.9 Å². The predicted molar refractivity (Wildman–Crippen MR) is 113 cm³/mol. The zero-order chi connectivity index (χ0) is 19.5. The van der Waals surface area contributed by atoms with Gasteiger partial charge in [0.2, 0.25) is 0 Å². The molecule has 0 aliphatic carbocycles. The van der Waals surface area contributed by atoms with Gasteiger partial charge in [-0.25, -0.2) is 4.98 Å². The van der Waals surface area contributed by atoms with E-state index in [4.69, 9.17) is 4.98 Å². The zero-order valence-corrected chi connectivity index (χ0v) is 17.2. The van der Waals surface area contributed by atoms with E-state index >= 15 is 0 Å². The lowest BCUT2D eigenvalue weighted by atomic mass is 9.80. The van der Waals surface area contributed by atoms with Crippen LogP contribution in [0, 0.1) is 12.8 Å². The Morgan fingerprint density at radius 2 is 2.00 bits per heavy atom. The van der Waals surface area contributed by atoms with Crippen LogP contribution < -0.4 is 15.8 Å². The monoisotopic (exact) mass is 380 g/mol. The van der Waals surface area contributed by atoms with E-state index in [0.717, 1.165) is 37.7 Å². The van der Waals surface area contributed by atoms with E-state index in [1.54, 1.807) is 0 Å². The maximum absolute atomic E-state index is 4.83. The summed E-state index contributed by atoms with van der Waals surface area (Å²) >= 11 is 0. The molecule has 0 radical (unpaired) electrons. The van der Waals surface area contributed by atoms with E-state index in [9.17, 15) is 0 Å². The van der Waals surface area contributed by atoms with E-state index < -0.39 is 0 Å². The van der Waals surface area contributed by atoms with Crippen molar-refractivity contribution in [2.75, 3.05) is 38.6 Å². The van der Waals surface area contributed by atoms with Crippen LogP contribution in [0.5, 0.6) is 0 Å². The molecular formula is C22H32N6. The molecule has 2 aliphatic rings. The molecule has 2 aliphatic heterocycles. The van der Waals surface area contributed by atoms with Crippen LogP contribution in [-0.2, 0) is 6.54 Å². The van der Waals surface area contributed by atoms with E-state index in [-0.39, 0.29) is 0 Å². The number of rotatable bonds is 5. The van der Waals surface area contributed by atoms with Gasteiger partial charge in [0.05, 0.1) is 11.9 Å². The van der Waals surface area contributed by atoms with Gasteiger partial charge in [0.25, 0.3) is 0 Å². The molecule has 0 saturated carbocycles. The number of hydrogen-bond donors (Lipinski definition) is 2. The largest absolute Gasteiger partial charge is 0.355 e. The number of aromatic nitrogens is 2. The Morgan fingerprint density at radius 3 is 2.75 bits per heavy atom. The second-order valence-electron chi connectivity index (χ2n) is 8.50. The SMILES string of the molecule is Cc1cccc(C2CNNC2C2CCN(c3cncc(CN(C)C)n3)CC2)c1. The predicted octanol–water partition coefficient (Wildman–Crippen LogP) is 2.32. The Morgan fingerprint density at radius 1 is 1.18 bits per heavy atom. The summed E-state index contributed by atoms with van der Waals surface area (Å²) in [4.78, 5) is 13.8. The lowest BCUT2D eigenvalue weighted by Crippen LogP contribution is -2.44. The molecule has 2 aromatic rings. The van der Waals surface area contributed by atoms with Crippen molar-refractivity contribution in [3.05, 3.63) is 53.5 Å². The minimum atomic E-state index is 0.495. The van der Waals surface area contributed by atoms with Gasteiger partial charge in [0.15, 0.2) is 0 Å². The molecule has 2 fully saturated rings. The third-order valence-corrected chi connectivity index (χ3v) is 6.02. The molecule has 1 aromatic carbocycles. The minimum absolute atomic E-state index is 0.495. The summed E-state index contributed by atoms with van der Waals surface area (Å²) in [5.41, 5.74) is 10.8. The fourth-order valence-corrected chi connectivity index (χ4v) is 4.62. The van der Waals surface area contributed by atoms with Crippen molar-refractivity contribution in [1.29, 1.82) is 0 Å². The van der Waals surface area contributed by atoms with Crippen molar-refractivity contribution in [2.24, 2.45) is 5.92 Å². The van der Waals surface area contributed by atoms with Crippen LogP contribution in [-0.4, -0.2) is 54.6 Å². The first-order valence-electron chi connectivity index (χ1n) is 10.4. The quantitative estimate of drug-likeness (QED) is 0.830. The van der Waals surface area contributed by atoms with Crippen LogP contribution in [0.25, 0.3) is 0 Å². The molecule has 2 unspecified atom stereocenters. The summed E-state index contributed by atoms with van der Waals surface area (Å²) in [6.07, 6.45) is 6.14. The van der Waals surface area contributed by atoms with Crippen LogP contribution in [0.2, 0.25) is 0 Å². The standard InChI is InChI=1S/C22H32N6/c1-16-5-4-6-18(11-16)20-13-24-26-22(20)17-7-9-28(10-8-17)21-14-23-12-19(25-21)15-27(2)3/h4-6,11-12,14,17,20,22,24,26H,7-10,13,15H2,1-3H3. The fraction of sp³-hybridized carbons (Fsp3) is 0.545. The summed E-state index contributed by atoms with van der Waals surface area (Å²) in [6.45, 7) is 6.10. The van der Waals surface area contributed by atoms with E-state index in [2.05, 4.69) is 70.9 Å². The number of benzene rings is 1. The summed E-state index contributed by atoms with van der Waals surface area (Å²) in [5.74, 6) is 2.24. The van der Waals surface area contributed by atoms with Crippen LogP contribution >= 0.6 is 0 Å². The topological polar surface area (TPSA) is 56.3 Å². The maximum Gasteiger partial charge on any atom is 0.147 e. The van der Waals surface area contributed by atoms with Crippen LogP contribution in [0.1, 0.15) is 35.6 Å². The Balaban J connectivity index is 1.40. The molecule has 4 rings (SSSR count).